The summed E-state index contributed by atoms with van der Waals surface area (Å²) in [5.74, 6) is -1.09. The van der Waals surface area contributed by atoms with Crippen LogP contribution in [0.5, 0.6) is 0 Å². The topological polar surface area (TPSA) is 101 Å². The molecule has 0 aliphatic carbocycles. The van der Waals surface area contributed by atoms with Crippen LogP contribution in [0.15, 0.2) is 0 Å². The Bertz CT molecular complexity index is 352. The first-order valence-electron chi connectivity index (χ1n) is 9.76. The van der Waals surface area contributed by atoms with Crippen molar-refractivity contribution >= 4 is 17.9 Å². The smallest absolute Gasteiger partial charge is 0.306 e. The number of carbonyl (C=O) groups excluding carboxylic acids is 1. The lowest BCUT2D eigenvalue weighted by molar-refractivity contribution is -0.145. The summed E-state index contributed by atoms with van der Waals surface area (Å²) in [5, 5.41) is 16.5. The highest BCUT2D eigenvalue weighted by molar-refractivity contribution is 5.69. The van der Waals surface area contributed by atoms with Crippen LogP contribution in [-0.4, -0.2) is 34.7 Å². The van der Waals surface area contributed by atoms with Crippen LogP contribution in [0.4, 0.5) is 0 Å². The van der Waals surface area contributed by atoms with Crippen molar-refractivity contribution < 1.29 is 29.3 Å². The molecule has 0 amide bonds. The minimum absolute atomic E-state index is 0.0730. The molecule has 1 atom stereocenters. The molecule has 0 aliphatic heterocycles. The van der Waals surface area contributed by atoms with Gasteiger partial charge in [-0.15, -0.1) is 0 Å². The van der Waals surface area contributed by atoms with E-state index in [0.29, 0.717) is 25.4 Å². The van der Waals surface area contributed by atoms with E-state index >= 15 is 0 Å². The molecule has 6 heteroatoms. The van der Waals surface area contributed by atoms with E-state index in [1.54, 1.807) is 0 Å². The van der Waals surface area contributed by atoms with Gasteiger partial charge in [0.15, 0.2) is 0 Å². The van der Waals surface area contributed by atoms with Crippen molar-refractivity contribution in [3.63, 3.8) is 0 Å². The predicted octanol–water partition coefficient (Wildman–Crippen LogP) is 5.14. The highest BCUT2D eigenvalue weighted by Crippen LogP contribution is 2.11. The number of hydrogen-bond donors (Lipinski definition) is 2. The van der Waals surface area contributed by atoms with Gasteiger partial charge < -0.3 is 14.9 Å². The van der Waals surface area contributed by atoms with Crippen LogP contribution in [0.2, 0.25) is 0 Å². The van der Waals surface area contributed by atoms with Gasteiger partial charge in [0.1, 0.15) is 0 Å². The van der Waals surface area contributed by atoms with E-state index < -0.39 is 11.9 Å². The Morgan fingerprint density at radius 3 is 1.69 bits per heavy atom. The van der Waals surface area contributed by atoms with Gasteiger partial charge in [-0.25, -0.2) is 0 Å². The number of ether oxygens (including phenoxy) is 1. The Morgan fingerprint density at radius 1 is 0.885 bits per heavy atom. The summed E-state index contributed by atoms with van der Waals surface area (Å²) in [6.45, 7) is 12.4. The molecule has 0 aromatic heterocycles. The van der Waals surface area contributed by atoms with E-state index in [9.17, 15) is 14.4 Å². The zero-order valence-corrected chi connectivity index (χ0v) is 17.5. The zero-order chi connectivity index (χ0) is 21.0. The number of aliphatic carboxylic acids is 2. The molecular formula is C20H40O6. The molecular weight excluding hydrogens is 336 g/mol. The lowest BCUT2D eigenvalue weighted by atomic mass is 10.00. The Kier molecular flexibility index (Phi) is 24.1. The van der Waals surface area contributed by atoms with Crippen molar-refractivity contribution in [1.82, 2.24) is 0 Å². The number of carboxylic acid groups (broad SMARTS) is 2. The fourth-order valence-electron chi connectivity index (χ4n) is 1.70. The lowest BCUT2D eigenvalue weighted by Crippen LogP contribution is -2.11. The van der Waals surface area contributed by atoms with Gasteiger partial charge in [0.25, 0.3) is 0 Å². The average molecular weight is 377 g/mol. The van der Waals surface area contributed by atoms with Gasteiger partial charge in [-0.3, -0.25) is 14.4 Å². The average Bonchev–Trinajstić information content (AvgIpc) is 2.55. The van der Waals surface area contributed by atoms with Crippen molar-refractivity contribution in [2.75, 3.05) is 6.61 Å². The largest absolute Gasteiger partial charge is 0.481 e. The molecule has 0 rings (SSSR count). The normalized spacial score (nSPS) is 10.7. The van der Waals surface area contributed by atoms with Gasteiger partial charge in [-0.05, 0) is 31.6 Å². The second kappa shape index (κ2) is 21.5. The molecule has 2 N–H and O–H groups in total. The van der Waals surface area contributed by atoms with Crippen molar-refractivity contribution in [3.05, 3.63) is 0 Å². The third kappa shape index (κ3) is 27.3. The van der Waals surface area contributed by atoms with Crippen molar-refractivity contribution in [1.29, 1.82) is 0 Å². The summed E-state index contributed by atoms with van der Waals surface area (Å²) in [6.07, 6.45) is 6.16. The number of unbranched alkanes of at least 4 members (excludes halogenated alkanes) is 1. The molecule has 0 aliphatic rings. The highest BCUT2D eigenvalue weighted by Gasteiger charge is 2.12. The van der Waals surface area contributed by atoms with Crippen LogP contribution in [0.1, 0.15) is 92.9 Å². The molecule has 156 valence electrons. The second-order valence-electron chi connectivity index (χ2n) is 6.56. The molecule has 1 unspecified atom stereocenters. The Morgan fingerprint density at radius 2 is 1.42 bits per heavy atom. The van der Waals surface area contributed by atoms with Crippen molar-refractivity contribution in [2.45, 2.75) is 92.9 Å². The highest BCUT2D eigenvalue weighted by atomic mass is 16.5. The van der Waals surface area contributed by atoms with E-state index in [1.165, 1.54) is 0 Å². The van der Waals surface area contributed by atoms with Crippen molar-refractivity contribution in [3.8, 4) is 0 Å². The van der Waals surface area contributed by atoms with Crippen LogP contribution >= 0.6 is 0 Å². The number of hydrogen-bond acceptors (Lipinski definition) is 4. The van der Waals surface area contributed by atoms with E-state index in [0.717, 1.165) is 38.5 Å². The van der Waals surface area contributed by atoms with E-state index in [2.05, 4.69) is 6.92 Å². The standard InChI is InChI=1S/2C8H16O2.C4H8O2/c1-4-5-8(9)10-6-7(2)3;1-3-5-6-7(4-2)8(9)10;1-2-3-4(5)6/h7H,4-6H2,1-3H3;7H,3-6H2,1-2H3,(H,9,10);2-3H2,1H3,(H,5,6). The summed E-state index contributed by atoms with van der Waals surface area (Å²) in [5.41, 5.74) is 0. The van der Waals surface area contributed by atoms with Gasteiger partial charge in [0.2, 0.25) is 0 Å². The maximum Gasteiger partial charge on any atom is 0.306 e. The SMILES string of the molecule is CCCC(=O)O.CCCC(=O)OCC(C)C.CCCCC(CC)C(=O)O. The van der Waals surface area contributed by atoms with Gasteiger partial charge in [0.05, 0.1) is 12.5 Å². The van der Waals surface area contributed by atoms with E-state index in [1.807, 2.05) is 34.6 Å². The molecule has 0 spiro atoms. The molecule has 0 radical (unpaired) electrons. The molecule has 26 heavy (non-hydrogen) atoms. The third-order valence-electron chi connectivity index (χ3n) is 3.24. The molecule has 0 bridgehead atoms. The molecule has 0 heterocycles. The van der Waals surface area contributed by atoms with Crippen molar-refractivity contribution in [2.24, 2.45) is 11.8 Å². The molecule has 0 aromatic rings. The zero-order valence-electron chi connectivity index (χ0n) is 17.5. The number of rotatable bonds is 11. The summed E-state index contributed by atoms with van der Waals surface area (Å²) >= 11 is 0. The van der Waals surface area contributed by atoms with Gasteiger partial charge in [0, 0.05) is 12.8 Å². The number of carbonyl (C=O) groups is 3. The predicted molar refractivity (Wildman–Crippen MR) is 104 cm³/mol. The van der Waals surface area contributed by atoms with Crippen LogP contribution in [0.25, 0.3) is 0 Å². The minimum atomic E-state index is -0.711. The summed E-state index contributed by atoms with van der Waals surface area (Å²) in [7, 11) is 0. The Labute approximate surface area is 159 Å². The number of carboxylic acids is 2. The summed E-state index contributed by atoms with van der Waals surface area (Å²) in [4.78, 5) is 30.8. The van der Waals surface area contributed by atoms with Gasteiger partial charge in [-0.2, -0.15) is 0 Å². The van der Waals surface area contributed by atoms with Crippen LogP contribution in [0, 0.1) is 11.8 Å². The van der Waals surface area contributed by atoms with E-state index in [4.69, 9.17) is 14.9 Å². The maximum absolute atomic E-state index is 10.7. The first-order chi connectivity index (χ1) is 12.2. The quantitative estimate of drug-likeness (QED) is 0.484. The van der Waals surface area contributed by atoms with Crippen LogP contribution in [0.3, 0.4) is 0 Å². The van der Waals surface area contributed by atoms with E-state index in [-0.39, 0.29) is 11.9 Å². The molecule has 6 nitrogen and oxygen atoms in total. The molecule has 0 fully saturated rings. The summed E-state index contributed by atoms with van der Waals surface area (Å²) < 4.78 is 4.90. The summed E-state index contributed by atoms with van der Waals surface area (Å²) in [6, 6.07) is 0. The number of esters is 1. The molecule has 0 saturated heterocycles. The van der Waals surface area contributed by atoms with Gasteiger partial charge >= 0.3 is 17.9 Å². The monoisotopic (exact) mass is 376 g/mol. The Balaban J connectivity index is -0.000000316. The van der Waals surface area contributed by atoms with Crippen LogP contribution < -0.4 is 0 Å². The van der Waals surface area contributed by atoms with Crippen LogP contribution in [-0.2, 0) is 19.1 Å². The Hall–Kier alpha value is -1.59. The first kappa shape index (κ1) is 29.2. The molecule has 0 saturated carbocycles. The van der Waals surface area contributed by atoms with Gasteiger partial charge in [-0.1, -0.05) is 54.4 Å². The third-order valence-corrected chi connectivity index (χ3v) is 3.24. The lowest BCUT2D eigenvalue weighted by Gasteiger charge is -2.06. The second-order valence-corrected chi connectivity index (χ2v) is 6.56. The first-order valence-corrected chi connectivity index (χ1v) is 9.76. The fourth-order valence-corrected chi connectivity index (χ4v) is 1.70. The molecule has 0 aromatic carbocycles. The maximum atomic E-state index is 10.7. The fraction of sp³-hybridized carbons (Fsp3) is 0.850. The minimum Gasteiger partial charge on any atom is -0.481 e.